The second-order valence-electron chi connectivity index (χ2n) is 5.49. The molecule has 3 heteroatoms. The van der Waals surface area contributed by atoms with Crippen molar-refractivity contribution in [3.05, 3.63) is 41.2 Å². The Morgan fingerprint density at radius 3 is 2.84 bits per heavy atom. The Balaban J connectivity index is 2.14. The van der Waals surface area contributed by atoms with Crippen molar-refractivity contribution in [2.24, 2.45) is 7.05 Å². The topological polar surface area (TPSA) is 29.9 Å². The van der Waals surface area contributed by atoms with Crippen molar-refractivity contribution >= 4 is 0 Å². The van der Waals surface area contributed by atoms with Gasteiger partial charge in [0.05, 0.1) is 11.4 Å². The maximum absolute atomic E-state index is 4.64. The standard InChI is InChI=1S/C16H21N3/c1-11-6-4-7-13(10-11)15-12(2)18-19(3)16(15)14-8-5-9-17-14/h4,6-7,10,14,17H,5,8-9H2,1-3H3. The first-order valence-electron chi connectivity index (χ1n) is 7.00. The van der Waals surface area contributed by atoms with Crippen molar-refractivity contribution in [3.63, 3.8) is 0 Å². The normalized spacial score (nSPS) is 19.0. The van der Waals surface area contributed by atoms with Gasteiger partial charge in [0.1, 0.15) is 0 Å². The van der Waals surface area contributed by atoms with E-state index in [-0.39, 0.29) is 0 Å². The molecule has 1 saturated heterocycles. The molecule has 0 bridgehead atoms. The zero-order valence-corrected chi connectivity index (χ0v) is 11.9. The minimum Gasteiger partial charge on any atom is -0.309 e. The van der Waals surface area contributed by atoms with Crippen LogP contribution in [0.25, 0.3) is 11.1 Å². The van der Waals surface area contributed by atoms with Crippen molar-refractivity contribution in [1.82, 2.24) is 15.1 Å². The van der Waals surface area contributed by atoms with Gasteiger partial charge in [-0.2, -0.15) is 5.10 Å². The van der Waals surface area contributed by atoms with E-state index in [0.717, 1.165) is 12.2 Å². The summed E-state index contributed by atoms with van der Waals surface area (Å²) in [6.07, 6.45) is 2.46. The fraction of sp³-hybridized carbons (Fsp3) is 0.438. The lowest BCUT2D eigenvalue weighted by Crippen LogP contribution is -2.17. The van der Waals surface area contributed by atoms with Crippen LogP contribution in [0.3, 0.4) is 0 Å². The van der Waals surface area contributed by atoms with Crippen LogP contribution in [0.5, 0.6) is 0 Å². The van der Waals surface area contributed by atoms with Crippen LogP contribution < -0.4 is 5.32 Å². The zero-order valence-electron chi connectivity index (χ0n) is 11.9. The number of nitrogens with one attached hydrogen (secondary N) is 1. The molecule has 0 spiro atoms. The highest BCUT2D eigenvalue weighted by Crippen LogP contribution is 2.34. The predicted octanol–water partition coefficient (Wildman–Crippen LogP) is 3.13. The van der Waals surface area contributed by atoms with Crippen molar-refractivity contribution in [2.75, 3.05) is 6.54 Å². The van der Waals surface area contributed by atoms with Gasteiger partial charge in [-0.3, -0.25) is 4.68 Å². The maximum atomic E-state index is 4.64. The molecule has 1 aliphatic rings. The van der Waals surface area contributed by atoms with E-state index in [1.807, 2.05) is 0 Å². The molecule has 2 aromatic rings. The van der Waals surface area contributed by atoms with Gasteiger partial charge >= 0.3 is 0 Å². The van der Waals surface area contributed by atoms with Crippen LogP contribution in [0.15, 0.2) is 24.3 Å². The number of hydrogen-bond acceptors (Lipinski definition) is 2. The highest BCUT2D eigenvalue weighted by Gasteiger charge is 2.25. The summed E-state index contributed by atoms with van der Waals surface area (Å²) in [5.41, 5.74) is 6.35. The Labute approximate surface area is 114 Å². The largest absolute Gasteiger partial charge is 0.309 e. The molecule has 0 saturated carbocycles. The first kappa shape index (κ1) is 12.4. The Kier molecular flexibility index (Phi) is 3.15. The molecule has 2 heterocycles. The second-order valence-corrected chi connectivity index (χ2v) is 5.49. The van der Waals surface area contributed by atoms with E-state index in [0.29, 0.717) is 6.04 Å². The summed E-state index contributed by atoms with van der Waals surface area (Å²) in [5, 5.41) is 8.23. The molecule has 3 rings (SSSR count). The average molecular weight is 255 g/mol. The Hall–Kier alpha value is -1.61. The Bertz CT molecular complexity index is 592. The molecule has 1 N–H and O–H groups in total. The van der Waals surface area contributed by atoms with Crippen LogP contribution in [-0.2, 0) is 7.05 Å². The fourth-order valence-corrected chi connectivity index (χ4v) is 3.15. The number of nitrogens with zero attached hydrogens (tertiary/aromatic N) is 2. The van der Waals surface area contributed by atoms with Gasteiger partial charge in [0.2, 0.25) is 0 Å². The number of aromatic nitrogens is 2. The van der Waals surface area contributed by atoms with E-state index in [2.05, 4.69) is 60.3 Å². The number of rotatable bonds is 2. The Morgan fingerprint density at radius 2 is 2.16 bits per heavy atom. The molecular weight excluding hydrogens is 234 g/mol. The molecule has 19 heavy (non-hydrogen) atoms. The first-order valence-corrected chi connectivity index (χ1v) is 7.00. The number of aryl methyl sites for hydroxylation is 3. The third kappa shape index (κ3) is 2.19. The summed E-state index contributed by atoms with van der Waals surface area (Å²) < 4.78 is 2.05. The molecule has 1 aromatic heterocycles. The molecule has 1 unspecified atom stereocenters. The minimum absolute atomic E-state index is 0.446. The lowest BCUT2D eigenvalue weighted by atomic mass is 9.97. The molecule has 1 fully saturated rings. The van der Waals surface area contributed by atoms with Gasteiger partial charge < -0.3 is 5.32 Å². The van der Waals surface area contributed by atoms with Crippen molar-refractivity contribution < 1.29 is 0 Å². The molecule has 0 radical (unpaired) electrons. The zero-order chi connectivity index (χ0) is 13.4. The van der Waals surface area contributed by atoms with E-state index in [1.165, 1.54) is 35.2 Å². The van der Waals surface area contributed by atoms with Crippen molar-refractivity contribution in [2.45, 2.75) is 32.7 Å². The highest BCUT2D eigenvalue weighted by atomic mass is 15.3. The van der Waals surface area contributed by atoms with Crippen LogP contribution in [-0.4, -0.2) is 16.3 Å². The van der Waals surface area contributed by atoms with Gasteiger partial charge in [-0.25, -0.2) is 0 Å². The lowest BCUT2D eigenvalue weighted by Gasteiger charge is -2.14. The van der Waals surface area contributed by atoms with Gasteiger partial charge in [0.25, 0.3) is 0 Å². The van der Waals surface area contributed by atoms with Gasteiger partial charge in [-0.05, 0) is 38.8 Å². The lowest BCUT2D eigenvalue weighted by molar-refractivity contribution is 0.574. The SMILES string of the molecule is Cc1cccc(-c2c(C)nn(C)c2C2CCCN2)c1. The molecule has 0 amide bonds. The summed E-state index contributed by atoms with van der Waals surface area (Å²) in [7, 11) is 2.06. The summed E-state index contributed by atoms with van der Waals surface area (Å²) >= 11 is 0. The molecule has 0 aliphatic carbocycles. The smallest absolute Gasteiger partial charge is 0.0675 e. The molecule has 1 aromatic carbocycles. The third-order valence-corrected chi connectivity index (χ3v) is 3.96. The fourth-order valence-electron chi connectivity index (χ4n) is 3.15. The molecule has 3 nitrogen and oxygen atoms in total. The van der Waals surface area contributed by atoms with Crippen LogP contribution in [0.2, 0.25) is 0 Å². The van der Waals surface area contributed by atoms with Gasteiger partial charge in [-0.1, -0.05) is 29.8 Å². The summed E-state index contributed by atoms with van der Waals surface area (Å²) in [6.45, 7) is 5.36. The van der Waals surface area contributed by atoms with Crippen LogP contribution in [0.4, 0.5) is 0 Å². The predicted molar refractivity (Wildman–Crippen MR) is 78.1 cm³/mol. The second kappa shape index (κ2) is 4.82. The van der Waals surface area contributed by atoms with Crippen molar-refractivity contribution in [1.29, 1.82) is 0 Å². The number of hydrogen-bond donors (Lipinski definition) is 1. The van der Waals surface area contributed by atoms with Gasteiger partial charge in [0.15, 0.2) is 0 Å². The molecule has 100 valence electrons. The first-order chi connectivity index (χ1) is 9.16. The Morgan fingerprint density at radius 1 is 1.32 bits per heavy atom. The van der Waals surface area contributed by atoms with Crippen LogP contribution in [0, 0.1) is 13.8 Å². The van der Waals surface area contributed by atoms with Crippen molar-refractivity contribution in [3.8, 4) is 11.1 Å². The van der Waals surface area contributed by atoms with E-state index in [1.54, 1.807) is 0 Å². The maximum Gasteiger partial charge on any atom is 0.0675 e. The summed E-state index contributed by atoms with van der Waals surface area (Å²) in [4.78, 5) is 0. The highest BCUT2D eigenvalue weighted by molar-refractivity contribution is 5.70. The van der Waals surface area contributed by atoms with Gasteiger partial charge in [0, 0.05) is 18.7 Å². The third-order valence-electron chi connectivity index (χ3n) is 3.96. The van der Waals surface area contributed by atoms with Gasteiger partial charge in [-0.15, -0.1) is 0 Å². The average Bonchev–Trinajstić information content (AvgIpc) is 2.96. The van der Waals surface area contributed by atoms with E-state index < -0.39 is 0 Å². The van der Waals surface area contributed by atoms with E-state index >= 15 is 0 Å². The molecular formula is C16H21N3. The molecule has 1 atom stereocenters. The quantitative estimate of drug-likeness (QED) is 0.893. The minimum atomic E-state index is 0.446. The van der Waals surface area contributed by atoms with Crippen LogP contribution in [0.1, 0.15) is 35.8 Å². The summed E-state index contributed by atoms with van der Waals surface area (Å²) in [6, 6.07) is 9.16. The summed E-state index contributed by atoms with van der Waals surface area (Å²) in [5.74, 6) is 0. The van der Waals surface area contributed by atoms with E-state index in [9.17, 15) is 0 Å². The van der Waals surface area contributed by atoms with Crippen LogP contribution >= 0.6 is 0 Å². The molecule has 1 aliphatic heterocycles. The number of benzene rings is 1. The monoisotopic (exact) mass is 255 g/mol. The van der Waals surface area contributed by atoms with E-state index in [4.69, 9.17) is 0 Å².